The van der Waals surface area contributed by atoms with Crippen molar-refractivity contribution in [3.63, 3.8) is 0 Å². The van der Waals surface area contributed by atoms with Crippen LogP contribution in [0.1, 0.15) is 28.8 Å². The Morgan fingerprint density at radius 3 is 2.57 bits per heavy atom. The Labute approximate surface area is 165 Å². The molecule has 0 spiro atoms. The first-order valence-electron chi connectivity index (χ1n) is 9.24. The summed E-state index contributed by atoms with van der Waals surface area (Å²) in [4.78, 5) is 15.8. The van der Waals surface area contributed by atoms with E-state index in [0.717, 1.165) is 36.1 Å². The summed E-state index contributed by atoms with van der Waals surface area (Å²) >= 11 is 0. The highest BCUT2D eigenvalue weighted by Gasteiger charge is 2.29. The van der Waals surface area contributed by atoms with Crippen molar-refractivity contribution in [3.05, 3.63) is 53.7 Å². The van der Waals surface area contributed by atoms with E-state index in [0.29, 0.717) is 19.0 Å². The number of carbonyl (C=O) groups is 1. The van der Waals surface area contributed by atoms with E-state index >= 15 is 0 Å². The van der Waals surface area contributed by atoms with Gasteiger partial charge in [0.15, 0.2) is 0 Å². The lowest BCUT2D eigenvalue weighted by molar-refractivity contribution is 0.0697. The molecule has 0 saturated carbocycles. The molecule has 0 bridgehead atoms. The quantitative estimate of drug-likeness (QED) is 0.800. The van der Waals surface area contributed by atoms with Crippen LogP contribution in [0.25, 0.3) is 11.3 Å². The molecule has 150 valence electrons. The normalized spacial score (nSPS) is 16.4. The average molecular weight is 404 g/mol. The summed E-state index contributed by atoms with van der Waals surface area (Å²) < 4.78 is 27.3. The Hall–Kier alpha value is -2.29. The first-order chi connectivity index (χ1) is 13.3. The zero-order valence-electron chi connectivity index (χ0n) is 16.1. The number of carboxylic acid groups (broad SMARTS) is 1. The number of hydrogen-bond acceptors (Lipinski definition) is 4. The molecule has 7 nitrogen and oxygen atoms in total. The predicted octanol–water partition coefficient (Wildman–Crippen LogP) is 2.51. The van der Waals surface area contributed by atoms with Gasteiger partial charge in [-0.25, -0.2) is 4.79 Å². The van der Waals surface area contributed by atoms with E-state index in [1.807, 2.05) is 18.2 Å². The fraction of sp³-hybridized carbons (Fsp3) is 0.400. The number of piperidine rings is 1. The third-order valence-corrected chi connectivity index (χ3v) is 7.08. The van der Waals surface area contributed by atoms with Gasteiger partial charge in [-0.3, -0.25) is 4.98 Å². The lowest BCUT2D eigenvalue weighted by Gasteiger charge is -2.33. The van der Waals surface area contributed by atoms with Crippen LogP contribution in [0.4, 0.5) is 0 Å². The van der Waals surface area contributed by atoms with Gasteiger partial charge in [-0.15, -0.1) is 0 Å². The van der Waals surface area contributed by atoms with Crippen LogP contribution in [0, 0.1) is 5.92 Å². The van der Waals surface area contributed by atoms with E-state index in [2.05, 4.69) is 4.98 Å². The molecule has 0 aliphatic carbocycles. The van der Waals surface area contributed by atoms with E-state index < -0.39 is 16.2 Å². The molecule has 0 amide bonds. The van der Waals surface area contributed by atoms with Gasteiger partial charge in [0.05, 0.1) is 11.3 Å². The van der Waals surface area contributed by atoms with Gasteiger partial charge in [-0.2, -0.15) is 17.0 Å². The molecule has 1 fully saturated rings. The van der Waals surface area contributed by atoms with E-state index in [9.17, 15) is 18.3 Å². The van der Waals surface area contributed by atoms with Crippen molar-refractivity contribution < 1.29 is 18.3 Å². The standard InChI is InChI=1S/C20H25N3O4S/c1-22(2)28(26,27)23-11-8-15(9-12-23)13-16-7-4-10-21-19(16)17-5-3-6-18(14-17)20(24)25/h3-7,10,14-15H,8-9,11-13H2,1-2H3,(H,24,25). The van der Waals surface area contributed by atoms with Crippen molar-refractivity contribution >= 4 is 16.2 Å². The van der Waals surface area contributed by atoms with Crippen LogP contribution in [0.15, 0.2) is 42.6 Å². The zero-order valence-corrected chi connectivity index (χ0v) is 16.9. The molecule has 1 aromatic heterocycles. The van der Waals surface area contributed by atoms with Crippen molar-refractivity contribution in [3.8, 4) is 11.3 Å². The highest BCUT2D eigenvalue weighted by Crippen LogP contribution is 2.29. The number of hydrogen-bond donors (Lipinski definition) is 1. The Balaban J connectivity index is 1.75. The fourth-order valence-electron chi connectivity index (χ4n) is 3.55. The van der Waals surface area contributed by atoms with Crippen LogP contribution < -0.4 is 0 Å². The van der Waals surface area contributed by atoms with Crippen LogP contribution in [-0.4, -0.2) is 60.3 Å². The molecule has 1 saturated heterocycles. The van der Waals surface area contributed by atoms with Crippen molar-refractivity contribution in [1.82, 2.24) is 13.6 Å². The zero-order chi connectivity index (χ0) is 20.3. The van der Waals surface area contributed by atoms with Gasteiger partial charge >= 0.3 is 5.97 Å². The minimum atomic E-state index is -3.36. The summed E-state index contributed by atoms with van der Waals surface area (Å²) in [5.74, 6) is -0.604. The molecule has 0 atom stereocenters. The maximum atomic E-state index is 12.3. The number of aromatic nitrogens is 1. The highest BCUT2D eigenvalue weighted by molar-refractivity contribution is 7.86. The van der Waals surface area contributed by atoms with Crippen LogP contribution in [0.5, 0.6) is 0 Å². The molecule has 0 unspecified atom stereocenters. The molecule has 1 aromatic carbocycles. The maximum absolute atomic E-state index is 12.3. The van der Waals surface area contributed by atoms with Gasteiger partial charge in [0.2, 0.25) is 0 Å². The van der Waals surface area contributed by atoms with Gasteiger partial charge in [-0.05, 0) is 48.9 Å². The highest BCUT2D eigenvalue weighted by atomic mass is 32.2. The first kappa shape index (κ1) is 20.4. The van der Waals surface area contributed by atoms with Crippen molar-refractivity contribution in [2.75, 3.05) is 27.2 Å². The molecule has 1 N–H and O–H groups in total. The Bertz CT molecular complexity index is 951. The molecular weight excluding hydrogens is 378 g/mol. The van der Waals surface area contributed by atoms with Crippen molar-refractivity contribution in [1.29, 1.82) is 0 Å². The Kier molecular flexibility index (Phi) is 6.12. The Morgan fingerprint density at radius 2 is 1.93 bits per heavy atom. The maximum Gasteiger partial charge on any atom is 0.335 e. The number of rotatable bonds is 6. The topological polar surface area (TPSA) is 90.8 Å². The summed E-state index contributed by atoms with van der Waals surface area (Å²) in [7, 11) is -0.261. The second-order valence-electron chi connectivity index (χ2n) is 7.23. The smallest absolute Gasteiger partial charge is 0.335 e. The largest absolute Gasteiger partial charge is 0.478 e. The molecule has 1 aliphatic heterocycles. The molecule has 2 aromatic rings. The summed E-state index contributed by atoms with van der Waals surface area (Å²) in [6.45, 7) is 1.02. The van der Waals surface area contributed by atoms with Crippen molar-refractivity contribution in [2.45, 2.75) is 19.3 Å². The minimum absolute atomic E-state index is 0.233. The molecule has 1 aliphatic rings. The third-order valence-electron chi connectivity index (χ3n) is 5.14. The van der Waals surface area contributed by atoms with Crippen molar-refractivity contribution in [2.24, 2.45) is 5.92 Å². The summed E-state index contributed by atoms with van der Waals surface area (Å²) in [5.41, 5.74) is 2.85. The van der Waals surface area contributed by atoms with E-state index in [1.165, 1.54) is 8.61 Å². The molecule has 2 heterocycles. The second kappa shape index (κ2) is 8.38. The molecule has 28 heavy (non-hydrogen) atoms. The molecule has 8 heteroatoms. The minimum Gasteiger partial charge on any atom is -0.478 e. The van der Waals surface area contributed by atoms with Crippen LogP contribution in [0.3, 0.4) is 0 Å². The summed E-state index contributed by atoms with van der Waals surface area (Å²) in [5, 5.41) is 9.24. The van der Waals surface area contributed by atoms with Gasteiger partial charge in [0.1, 0.15) is 0 Å². The third kappa shape index (κ3) is 4.40. The number of carboxylic acids is 1. The van der Waals surface area contributed by atoms with E-state index in [-0.39, 0.29) is 5.56 Å². The SMILES string of the molecule is CN(C)S(=O)(=O)N1CCC(Cc2cccnc2-c2cccc(C(=O)O)c2)CC1. The van der Waals surface area contributed by atoms with Crippen LogP contribution >= 0.6 is 0 Å². The van der Waals surface area contributed by atoms with Gasteiger partial charge < -0.3 is 5.11 Å². The molecule has 3 rings (SSSR count). The number of benzene rings is 1. The van der Waals surface area contributed by atoms with Crippen LogP contribution in [0.2, 0.25) is 0 Å². The number of nitrogens with zero attached hydrogens (tertiary/aromatic N) is 3. The summed E-state index contributed by atoms with van der Waals surface area (Å²) in [6, 6.07) is 10.7. The van der Waals surface area contributed by atoms with E-state index in [4.69, 9.17) is 0 Å². The van der Waals surface area contributed by atoms with Gasteiger partial charge in [0.25, 0.3) is 10.2 Å². The predicted molar refractivity (Wildman–Crippen MR) is 107 cm³/mol. The van der Waals surface area contributed by atoms with Crippen LogP contribution in [-0.2, 0) is 16.6 Å². The lowest BCUT2D eigenvalue weighted by Crippen LogP contribution is -2.44. The van der Waals surface area contributed by atoms with Gasteiger partial charge in [0, 0.05) is 38.9 Å². The fourth-order valence-corrected chi connectivity index (χ4v) is 4.68. The molecule has 0 radical (unpaired) electrons. The second-order valence-corrected chi connectivity index (χ2v) is 9.38. The monoisotopic (exact) mass is 403 g/mol. The van der Waals surface area contributed by atoms with E-state index in [1.54, 1.807) is 38.5 Å². The number of pyridine rings is 1. The average Bonchev–Trinajstić information content (AvgIpc) is 2.69. The van der Waals surface area contributed by atoms with Gasteiger partial charge in [-0.1, -0.05) is 18.2 Å². The lowest BCUT2D eigenvalue weighted by atomic mass is 9.89. The Morgan fingerprint density at radius 1 is 1.21 bits per heavy atom. The first-order valence-corrected chi connectivity index (χ1v) is 10.6. The molecular formula is C20H25N3O4S. The summed E-state index contributed by atoms with van der Waals surface area (Å²) in [6.07, 6.45) is 4.07. The number of aromatic carboxylic acids is 1.